The minimum absolute atomic E-state index is 0.283. The third-order valence-corrected chi connectivity index (χ3v) is 4.12. The summed E-state index contributed by atoms with van der Waals surface area (Å²) in [5.41, 5.74) is 6.83. The smallest absolute Gasteiger partial charge is 0.0336 e. The van der Waals surface area contributed by atoms with Crippen LogP contribution in [-0.2, 0) is 0 Å². The van der Waals surface area contributed by atoms with E-state index in [0.29, 0.717) is 5.41 Å². The van der Waals surface area contributed by atoms with E-state index in [1.807, 2.05) is 0 Å². The molecule has 1 fully saturated rings. The minimum atomic E-state index is 0.283. The van der Waals surface area contributed by atoms with Crippen molar-refractivity contribution in [1.29, 1.82) is 0 Å². The largest absolute Gasteiger partial charge is 0.329 e. The first-order valence-corrected chi connectivity index (χ1v) is 6.45. The van der Waals surface area contributed by atoms with Gasteiger partial charge in [0.15, 0.2) is 0 Å². The fourth-order valence-corrected chi connectivity index (χ4v) is 3.43. The van der Waals surface area contributed by atoms with Gasteiger partial charge in [-0.25, -0.2) is 0 Å². The fourth-order valence-electron chi connectivity index (χ4n) is 3.43. The maximum Gasteiger partial charge on any atom is 0.0336 e. The Kier molecular flexibility index (Phi) is 4.19. The predicted octanol–water partition coefficient (Wildman–Crippen LogP) is 2.63. The summed E-state index contributed by atoms with van der Waals surface area (Å²) < 4.78 is 0. The van der Waals surface area contributed by atoms with Gasteiger partial charge in [-0.15, -0.1) is 0 Å². The van der Waals surface area contributed by atoms with E-state index in [1.165, 1.54) is 25.7 Å². The summed E-state index contributed by atoms with van der Waals surface area (Å²) in [6.45, 7) is 12.4. The van der Waals surface area contributed by atoms with Crippen LogP contribution in [0.1, 0.15) is 53.4 Å². The minimum Gasteiger partial charge on any atom is -0.329 e. The van der Waals surface area contributed by atoms with Crippen molar-refractivity contribution in [2.75, 3.05) is 19.6 Å². The molecule has 1 saturated carbocycles. The van der Waals surface area contributed by atoms with E-state index in [1.54, 1.807) is 0 Å². The summed E-state index contributed by atoms with van der Waals surface area (Å²) in [4.78, 5) is 2.58. The topological polar surface area (TPSA) is 29.3 Å². The first kappa shape index (κ1) is 13.0. The Morgan fingerprint density at radius 1 is 1.13 bits per heavy atom. The standard InChI is InChI=1S/C13H28N2/c1-5-15(6-2)13(11-14)9-7-8-12(3,4)10-13/h5-11,14H2,1-4H3. The van der Waals surface area contributed by atoms with Crippen LogP contribution < -0.4 is 5.73 Å². The Bertz CT molecular complexity index is 197. The number of hydrogen-bond acceptors (Lipinski definition) is 2. The molecular formula is C13H28N2. The van der Waals surface area contributed by atoms with Crippen molar-refractivity contribution in [3.63, 3.8) is 0 Å². The summed E-state index contributed by atoms with van der Waals surface area (Å²) in [5, 5.41) is 0. The monoisotopic (exact) mass is 212 g/mol. The van der Waals surface area contributed by atoms with Crippen LogP contribution in [0.25, 0.3) is 0 Å². The molecule has 1 atom stereocenters. The third kappa shape index (κ3) is 2.73. The van der Waals surface area contributed by atoms with E-state index in [9.17, 15) is 0 Å². The molecule has 1 aliphatic rings. The van der Waals surface area contributed by atoms with Crippen LogP contribution in [0.5, 0.6) is 0 Å². The Morgan fingerprint density at radius 3 is 2.13 bits per heavy atom. The lowest BCUT2D eigenvalue weighted by atomic mass is 9.67. The molecule has 0 spiro atoms. The molecule has 0 saturated heterocycles. The van der Waals surface area contributed by atoms with Crippen LogP contribution >= 0.6 is 0 Å². The van der Waals surface area contributed by atoms with Gasteiger partial charge in [0.25, 0.3) is 0 Å². The molecule has 2 N–H and O–H groups in total. The van der Waals surface area contributed by atoms with Gasteiger partial charge in [-0.1, -0.05) is 34.1 Å². The molecule has 15 heavy (non-hydrogen) atoms. The molecule has 2 nitrogen and oxygen atoms in total. The maximum absolute atomic E-state index is 6.07. The van der Waals surface area contributed by atoms with Gasteiger partial charge in [0, 0.05) is 12.1 Å². The number of rotatable bonds is 4. The van der Waals surface area contributed by atoms with Crippen molar-refractivity contribution in [2.24, 2.45) is 11.1 Å². The molecular weight excluding hydrogens is 184 g/mol. The summed E-state index contributed by atoms with van der Waals surface area (Å²) in [6, 6.07) is 0. The highest BCUT2D eigenvalue weighted by Crippen LogP contribution is 2.43. The molecule has 1 unspecified atom stereocenters. The predicted molar refractivity (Wildman–Crippen MR) is 67.0 cm³/mol. The molecule has 0 aromatic rings. The molecule has 0 amide bonds. The zero-order valence-electron chi connectivity index (χ0n) is 11.0. The Morgan fingerprint density at radius 2 is 1.73 bits per heavy atom. The zero-order chi connectivity index (χ0) is 11.5. The molecule has 2 heteroatoms. The van der Waals surface area contributed by atoms with Crippen LogP contribution in [0.4, 0.5) is 0 Å². The van der Waals surface area contributed by atoms with Crippen LogP contribution in [0.2, 0.25) is 0 Å². The SMILES string of the molecule is CCN(CC)C1(CN)CCCC(C)(C)C1. The molecule has 1 aliphatic carbocycles. The maximum atomic E-state index is 6.07. The first-order valence-electron chi connectivity index (χ1n) is 6.45. The quantitative estimate of drug-likeness (QED) is 0.776. The molecule has 0 bridgehead atoms. The van der Waals surface area contributed by atoms with Crippen molar-refractivity contribution in [3.8, 4) is 0 Å². The fraction of sp³-hybridized carbons (Fsp3) is 1.00. The van der Waals surface area contributed by atoms with Crippen molar-refractivity contribution in [2.45, 2.75) is 58.9 Å². The lowest BCUT2D eigenvalue weighted by molar-refractivity contribution is 0.0166. The highest BCUT2D eigenvalue weighted by Gasteiger charge is 2.41. The zero-order valence-corrected chi connectivity index (χ0v) is 11.0. The van der Waals surface area contributed by atoms with Crippen LogP contribution in [0, 0.1) is 5.41 Å². The summed E-state index contributed by atoms with van der Waals surface area (Å²) in [5.74, 6) is 0. The highest BCUT2D eigenvalue weighted by molar-refractivity contribution is 4.98. The van der Waals surface area contributed by atoms with E-state index in [0.717, 1.165) is 19.6 Å². The van der Waals surface area contributed by atoms with Crippen molar-refractivity contribution in [1.82, 2.24) is 4.90 Å². The second-order valence-electron chi connectivity index (χ2n) is 5.80. The lowest BCUT2D eigenvalue weighted by Gasteiger charge is -2.50. The first-order chi connectivity index (χ1) is 6.99. The van der Waals surface area contributed by atoms with E-state index >= 15 is 0 Å². The molecule has 0 aliphatic heterocycles. The van der Waals surface area contributed by atoms with Crippen molar-refractivity contribution >= 4 is 0 Å². The van der Waals surface area contributed by atoms with E-state index in [4.69, 9.17) is 5.73 Å². The Balaban J connectivity index is 2.83. The molecule has 90 valence electrons. The van der Waals surface area contributed by atoms with E-state index in [-0.39, 0.29) is 5.54 Å². The molecule has 1 rings (SSSR count). The summed E-state index contributed by atoms with van der Waals surface area (Å²) in [7, 11) is 0. The van der Waals surface area contributed by atoms with Crippen LogP contribution in [-0.4, -0.2) is 30.1 Å². The van der Waals surface area contributed by atoms with Gasteiger partial charge in [0.05, 0.1) is 0 Å². The third-order valence-electron chi connectivity index (χ3n) is 4.12. The summed E-state index contributed by atoms with van der Waals surface area (Å²) in [6.07, 6.45) is 5.24. The van der Waals surface area contributed by atoms with Crippen LogP contribution in [0.3, 0.4) is 0 Å². The van der Waals surface area contributed by atoms with Crippen molar-refractivity contribution in [3.05, 3.63) is 0 Å². The second kappa shape index (κ2) is 4.84. The number of nitrogens with zero attached hydrogens (tertiary/aromatic N) is 1. The Labute approximate surface area is 95.2 Å². The van der Waals surface area contributed by atoms with Gasteiger partial charge in [-0.3, -0.25) is 4.90 Å². The second-order valence-corrected chi connectivity index (χ2v) is 5.80. The van der Waals surface area contributed by atoms with Gasteiger partial charge in [-0.2, -0.15) is 0 Å². The van der Waals surface area contributed by atoms with Gasteiger partial charge in [0.1, 0.15) is 0 Å². The number of likely N-dealkylation sites (N-methyl/N-ethyl adjacent to an activating group) is 1. The summed E-state index contributed by atoms with van der Waals surface area (Å²) >= 11 is 0. The highest BCUT2D eigenvalue weighted by atomic mass is 15.2. The lowest BCUT2D eigenvalue weighted by Crippen LogP contribution is -2.57. The molecule has 0 aromatic heterocycles. The van der Waals surface area contributed by atoms with Gasteiger partial charge in [0.2, 0.25) is 0 Å². The normalized spacial score (nSPS) is 30.8. The molecule has 0 radical (unpaired) electrons. The average Bonchev–Trinajstić information content (AvgIpc) is 2.18. The molecule has 0 heterocycles. The van der Waals surface area contributed by atoms with Crippen LogP contribution in [0.15, 0.2) is 0 Å². The van der Waals surface area contributed by atoms with E-state index in [2.05, 4.69) is 32.6 Å². The average molecular weight is 212 g/mol. The van der Waals surface area contributed by atoms with Gasteiger partial charge in [-0.05, 0) is 37.8 Å². The Hall–Kier alpha value is -0.0800. The van der Waals surface area contributed by atoms with Gasteiger partial charge >= 0.3 is 0 Å². The van der Waals surface area contributed by atoms with E-state index < -0.39 is 0 Å². The van der Waals surface area contributed by atoms with Gasteiger partial charge < -0.3 is 5.73 Å². The number of nitrogens with two attached hydrogens (primary N) is 1. The number of hydrogen-bond donors (Lipinski definition) is 1. The molecule has 0 aromatic carbocycles. The van der Waals surface area contributed by atoms with Crippen molar-refractivity contribution < 1.29 is 0 Å².